The minimum Gasteiger partial charge on any atom is -0.444 e. The van der Waals surface area contributed by atoms with E-state index in [1.54, 1.807) is 24.9 Å². The maximum atomic E-state index is 10.5. The predicted molar refractivity (Wildman–Crippen MR) is 43.4 cm³/mol. The second-order valence-electron chi connectivity index (χ2n) is 2.03. The molecule has 62 valence electrons. The third kappa shape index (κ3) is 2.95. The molecule has 0 amide bonds. The molecule has 1 aliphatic heterocycles. The van der Waals surface area contributed by atoms with Crippen molar-refractivity contribution < 1.29 is 14.3 Å². The highest BCUT2D eigenvalue weighted by Crippen LogP contribution is 2.18. The first-order chi connectivity index (χ1) is 5.33. The Morgan fingerprint density at radius 1 is 1.82 bits per heavy atom. The van der Waals surface area contributed by atoms with E-state index in [0.717, 1.165) is 5.75 Å². The summed E-state index contributed by atoms with van der Waals surface area (Å²) in [6.45, 7) is 0.687. The number of methoxy groups -OCH3 is 1. The molecule has 0 radical (unpaired) electrons. The van der Waals surface area contributed by atoms with E-state index in [9.17, 15) is 4.79 Å². The van der Waals surface area contributed by atoms with Crippen LogP contribution in [0.25, 0.3) is 0 Å². The molecule has 0 aromatic heterocycles. The molecule has 1 unspecified atom stereocenters. The highest BCUT2D eigenvalue weighted by molar-refractivity contribution is 7.99. The Kier molecular flexibility index (Phi) is 3.45. The van der Waals surface area contributed by atoms with Gasteiger partial charge in [0.25, 0.3) is 0 Å². The zero-order valence-electron chi connectivity index (χ0n) is 6.28. The number of thioether (sulfide) groups is 1. The van der Waals surface area contributed by atoms with Gasteiger partial charge in [-0.2, -0.15) is 0 Å². The molecule has 11 heavy (non-hydrogen) atoms. The van der Waals surface area contributed by atoms with Gasteiger partial charge in [0.15, 0.2) is 5.44 Å². The molecule has 0 fully saturated rings. The minimum absolute atomic E-state index is 0.0994. The van der Waals surface area contributed by atoms with Gasteiger partial charge in [-0.3, -0.25) is 0 Å². The number of hydrogen-bond acceptors (Lipinski definition) is 4. The van der Waals surface area contributed by atoms with Crippen molar-refractivity contribution in [2.75, 3.05) is 19.5 Å². The molecule has 3 nitrogen and oxygen atoms in total. The Hall–Kier alpha value is -0.480. The second-order valence-corrected chi connectivity index (χ2v) is 3.23. The van der Waals surface area contributed by atoms with Crippen molar-refractivity contribution in [2.24, 2.45) is 0 Å². The monoisotopic (exact) mass is 174 g/mol. The van der Waals surface area contributed by atoms with Gasteiger partial charge in [0.05, 0.1) is 6.61 Å². The number of carbonyl (C=O) groups is 1. The maximum Gasteiger partial charge on any atom is 0.332 e. The van der Waals surface area contributed by atoms with Crippen LogP contribution in [0.4, 0.5) is 0 Å². The predicted octanol–water partition coefficient (Wildman–Crippen LogP) is 0.805. The van der Waals surface area contributed by atoms with Crippen LogP contribution >= 0.6 is 11.8 Å². The summed E-state index contributed by atoms with van der Waals surface area (Å²) < 4.78 is 9.71. The van der Waals surface area contributed by atoms with Crippen molar-refractivity contribution in [1.82, 2.24) is 0 Å². The van der Waals surface area contributed by atoms with Gasteiger partial charge < -0.3 is 9.47 Å². The van der Waals surface area contributed by atoms with Crippen molar-refractivity contribution in [3.63, 3.8) is 0 Å². The first kappa shape index (κ1) is 8.62. The summed E-state index contributed by atoms with van der Waals surface area (Å²) in [6.07, 6.45) is 3.20. The van der Waals surface area contributed by atoms with Crippen LogP contribution in [-0.4, -0.2) is 30.9 Å². The summed E-state index contributed by atoms with van der Waals surface area (Å²) in [5.74, 6) is 0.596. The SMILES string of the molecule is COCCSC1C=CC(=O)O1. The lowest BCUT2D eigenvalue weighted by molar-refractivity contribution is -0.135. The fraction of sp³-hybridized carbons (Fsp3) is 0.571. The molecule has 1 rings (SSSR count). The van der Waals surface area contributed by atoms with E-state index in [2.05, 4.69) is 0 Å². The van der Waals surface area contributed by atoms with Crippen molar-refractivity contribution in [3.05, 3.63) is 12.2 Å². The molecule has 0 saturated heterocycles. The van der Waals surface area contributed by atoms with E-state index in [0.29, 0.717) is 6.61 Å². The highest BCUT2D eigenvalue weighted by Gasteiger charge is 2.15. The normalized spacial score (nSPS) is 22.3. The van der Waals surface area contributed by atoms with E-state index in [-0.39, 0.29) is 11.4 Å². The summed E-state index contributed by atoms with van der Waals surface area (Å²) >= 11 is 1.56. The molecule has 4 heteroatoms. The van der Waals surface area contributed by atoms with E-state index in [1.165, 1.54) is 6.08 Å². The summed E-state index contributed by atoms with van der Waals surface area (Å²) in [5, 5.41) is 0. The standard InChI is InChI=1S/C7H10O3S/c1-9-4-5-11-7-3-2-6(8)10-7/h2-3,7H,4-5H2,1H3. The van der Waals surface area contributed by atoms with E-state index in [4.69, 9.17) is 9.47 Å². The minimum atomic E-state index is -0.250. The zero-order valence-corrected chi connectivity index (χ0v) is 7.10. The van der Waals surface area contributed by atoms with Gasteiger partial charge in [0.2, 0.25) is 0 Å². The smallest absolute Gasteiger partial charge is 0.332 e. The summed E-state index contributed by atoms with van der Waals surface area (Å²) in [7, 11) is 1.65. The second kappa shape index (κ2) is 4.41. The molecule has 1 heterocycles. The molecule has 1 atom stereocenters. The van der Waals surface area contributed by atoms with Gasteiger partial charge in [0.1, 0.15) is 0 Å². The Morgan fingerprint density at radius 2 is 2.64 bits per heavy atom. The number of carbonyl (C=O) groups excluding carboxylic acids is 1. The van der Waals surface area contributed by atoms with Crippen molar-refractivity contribution in [1.29, 1.82) is 0 Å². The average Bonchev–Trinajstić information content (AvgIpc) is 2.37. The molecule has 0 aromatic carbocycles. The number of esters is 1. The van der Waals surface area contributed by atoms with Crippen molar-refractivity contribution in [2.45, 2.75) is 5.44 Å². The number of rotatable bonds is 4. The average molecular weight is 174 g/mol. The van der Waals surface area contributed by atoms with Gasteiger partial charge in [0, 0.05) is 18.9 Å². The van der Waals surface area contributed by atoms with Crippen LogP contribution in [0.15, 0.2) is 12.2 Å². The van der Waals surface area contributed by atoms with E-state index < -0.39 is 0 Å². The maximum absolute atomic E-state index is 10.5. The van der Waals surface area contributed by atoms with E-state index >= 15 is 0 Å². The number of cyclic esters (lactones) is 1. The lowest BCUT2D eigenvalue weighted by Gasteiger charge is -2.06. The molecule has 0 bridgehead atoms. The van der Waals surface area contributed by atoms with Crippen LogP contribution in [0, 0.1) is 0 Å². The molecule has 1 aliphatic rings. The zero-order chi connectivity index (χ0) is 8.10. The van der Waals surface area contributed by atoms with Crippen LogP contribution in [-0.2, 0) is 14.3 Å². The van der Waals surface area contributed by atoms with Crippen LogP contribution in [0.5, 0.6) is 0 Å². The molecular weight excluding hydrogens is 164 g/mol. The van der Waals surface area contributed by atoms with Gasteiger partial charge in [-0.25, -0.2) is 4.79 Å². The van der Waals surface area contributed by atoms with Gasteiger partial charge in [-0.15, -0.1) is 11.8 Å². The first-order valence-electron chi connectivity index (χ1n) is 3.32. The molecule has 0 aromatic rings. The fourth-order valence-corrected chi connectivity index (χ4v) is 1.54. The van der Waals surface area contributed by atoms with Crippen molar-refractivity contribution >= 4 is 17.7 Å². The molecular formula is C7H10O3S. The Balaban J connectivity index is 2.09. The molecule has 0 N–H and O–H groups in total. The lowest BCUT2D eigenvalue weighted by atomic mass is 10.6. The Bertz CT molecular complexity index is 167. The first-order valence-corrected chi connectivity index (χ1v) is 4.37. The third-order valence-corrected chi connectivity index (χ3v) is 2.18. The lowest BCUT2D eigenvalue weighted by Crippen LogP contribution is -2.05. The molecule has 0 spiro atoms. The Morgan fingerprint density at radius 3 is 3.18 bits per heavy atom. The molecule has 0 aliphatic carbocycles. The van der Waals surface area contributed by atoms with Gasteiger partial charge >= 0.3 is 5.97 Å². The summed E-state index contributed by atoms with van der Waals surface area (Å²) in [4.78, 5) is 10.5. The fourth-order valence-electron chi connectivity index (χ4n) is 0.687. The van der Waals surface area contributed by atoms with Gasteiger partial charge in [-0.05, 0) is 6.08 Å². The summed E-state index contributed by atoms with van der Waals surface area (Å²) in [6, 6.07) is 0. The highest BCUT2D eigenvalue weighted by atomic mass is 32.2. The van der Waals surface area contributed by atoms with Crippen LogP contribution in [0.1, 0.15) is 0 Å². The van der Waals surface area contributed by atoms with Crippen LogP contribution in [0.2, 0.25) is 0 Å². The number of hydrogen-bond donors (Lipinski definition) is 0. The molecule has 0 saturated carbocycles. The van der Waals surface area contributed by atoms with Crippen LogP contribution in [0.3, 0.4) is 0 Å². The van der Waals surface area contributed by atoms with Crippen LogP contribution < -0.4 is 0 Å². The Labute approximate surface area is 69.7 Å². The topological polar surface area (TPSA) is 35.5 Å². The largest absolute Gasteiger partial charge is 0.444 e. The van der Waals surface area contributed by atoms with Crippen molar-refractivity contribution in [3.8, 4) is 0 Å². The van der Waals surface area contributed by atoms with E-state index in [1.807, 2.05) is 0 Å². The van der Waals surface area contributed by atoms with Gasteiger partial charge in [-0.1, -0.05) is 0 Å². The summed E-state index contributed by atoms with van der Waals surface area (Å²) in [5.41, 5.74) is -0.0994. The third-order valence-electron chi connectivity index (χ3n) is 1.19. The quantitative estimate of drug-likeness (QED) is 0.466. The number of ether oxygens (including phenoxy) is 2.